The number of anilines is 2. The van der Waals surface area contributed by atoms with Crippen LogP contribution in [0.4, 0.5) is 11.4 Å². The van der Waals surface area contributed by atoms with Gasteiger partial charge in [-0.2, -0.15) is 5.26 Å². The third-order valence-corrected chi connectivity index (χ3v) is 3.47. The zero-order valence-electron chi connectivity index (χ0n) is 11.5. The maximum Gasteiger partial charge on any atom is 0.243 e. The largest absolute Gasteiger partial charge is 0.365 e. The molecule has 0 aliphatic rings. The van der Waals surface area contributed by atoms with Gasteiger partial charge in [-0.25, -0.2) is 0 Å². The summed E-state index contributed by atoms with van der Waals surface area (Å²) in [5.41, 5.74) is 2.25. The Morgan fingerprint density at radius 3 is 2.38 bits per heavy atom. The molecule has 1 amide bonds. The number of nitrogens with one attached hydrogen (secondary N) is 1. The van der Waals surface area contributed by atoms with Crippen molar-refractivity contribution in [3.05, 3.63) is 58.6 Å². The minimum absolute atomic E-state index is 0.0933. The van der Waals surface area contributed by atoms with Crippen LogP contribution < -0.4 is 10.2 Å². The van der Waals surface area contributed by atoms with Crippen molar-refractivity contribution in [1.82, 2.24) is 0 Å². The third kappa shape index (κ3) is 4.33. The first kappa shape index (κ1) is 15.1. The van der Waals surface area contributed by atoms with Gasteiger partial charge in [0.25, 0.3) is 0 Å². The number of carbonyl (C=O) groups excluding carboxylic acids is 1. The Labute approximate surface area is 132 Å². The second-order valence-electron chi connectivity index (χ2n) is 4.57. The fourth-order valence-corrected chi connectivity index (χ4v) is 2.10. The van der Waals surface area contributed by atoms with Crippen molar-refractivity contribution in [2.45, 2.75) is 0 Å². The summed E-state index contributed by atoms with van der Waals surface area (Å²) >= 11 is 3.35. The molecule has 2 rings (SSSR count). The summed E-state index contributed by atoms with van der Waals surface area (Å²) in [7, 11) is 1.84. The molecule has 0 bridgehead atoms. The Morgan fingerprint density at radius 2 is 1.81 bits per heavy atom. The number of amides is 1. The van der Waals surface area contributed by atoms with Gasteiger partial charge in [-0.3, -0.25) is 4.79 Å². The van der Waals surface area contributed by atoms with Crippen LogP contribution >= 0.6 is 15.9 Å². The van der Waals surface area contributed by atoms with Gasteiger partial charge >= 0.3 is 0 Å². The Bertz CT molecular complexity index is 659. The quantitative estimate of drug-likeness (QED) is 0.925. The van der Waals surface area contributed by atoms with Crippen molar-refractivity contribution in [3.8, 4) is 6.07 Å². The summed E-state index contributed by atoms with van der Waals surface area (Å²) in [6.07, 6.45) is 0. The van der Waals surface area contributed by atoms with Gasteiger partial charge in [0.1, 0.15) is 0 Å². The molecule has 0 aliphatic carbocycles. The van der Waals surface area contributed by atoms with Crippen LogP contribution in [0.3, 0.4) is 0 Å². The first-order valence-corrected chi connectivity index (χ1v) is 7.14. The number of nitriles is 1. The van der Waals surface area contributed by atoms with Crippen molar-refractivity contribution in [2.75, 3.05) is 23.8 Å². The van der Waals surface area contributed by atoms with E-state index in [1.54, 1.807) is 12.1 Å². The summed E-state index contributed by atoms with van der Waals surface area (Å²) in [5, 5.41) is 11.6. The summed E-state index contributed by atoms with van der Waals surface area (Å²) in [6.45, 7) is 0.238. The van der Waals surface area contributed by atoms with E-state index < -0.39 is 0 Å². The molecular weight excluding hydrogens is 330 g/mol. The SMILES string of the molecule is CN(CC(=O)Nc1ccc(Br)cc1)c1ccc(C#N)cc1. The van der Waals surface area contributed by atoms with Crippen molar-refractivity contribution >= 4 is 33.2 Å². The fraction of sp³-hybridized carbons (Fsp3) is 0.125. The van der Waals surface area contributed by atoms with Crippen LogP contribution in [-0.4, -0.2) is 19.5 Å². The molecule has 0 saturated heterocycles. The summed E-state index contributed by atoms with van der Waals surface area (Å²) in [4.78, 5) is 13.8. The zero-order valence-corrected chi connectivity index (χ0v) is 13.1. The highest BCUT2D eigenvalue weighted by Crippen LogP contribution is 2.15. The van der Waals surface area contributed by atoms with E-state index in [0.29, 0.717) is 5.56 Å². The highest BCUT2D eigenvalue weighted by molar-refractivity contribution is 9.10. The first-order valence-electron chi connectivity index (χ1n) is 6.35. The Kier molecular flexibility index (Phi) is 4.96. The molecule has 106 valence electrons. The van der Waals surface area contributed by atoms with Crippen LogP contribution in [0.5, 0.6) is 0 Å². The highest BCUT2D eigenvalue weighted by Gasteiger charge is 2.08. The topological polar surface area (TPSA) is 56.1 Å². The zero-order chi connectivity index (χ0) is 15.2. The van der Waals surface area contributed by atoms with Crippen molar-refractivity contribution in [3.63, 3.8) is 0 Å². The lowest BCUT2D eigenvalue weighted by atomic mass is 10.2. The summed E-state index contributed by atoms with van der Waals surface area (Å²) in [5.74, 6) is -0.0933. The standard InChI is InChI=1S/C16H14BrN3O/c1-20(15-8-2-12(10-18)3-9-15)11-16(21)19-14-6-4-13(17)5-7-14/h2-9H,11H2,1H3,(H,19,21). The van der Waals surface area contributed by atoms with E-state index >= 15 is 0 Å². The molecule has 0 unspecified atom stereocenters. The van der Waals surface area contributed by atoms with Crippen molar-refractivity contribution < 1.29 is 4.79 Å². The van der Waals surface area contributed by atoms with Crippen LogP contribution in [0.15, 0.2) is 53.0 Å². The molecule has 0 heterocycles. The molecule has 1 N–H and O–H groups in total. The predicted octanol–water partition coefficient (Wildman–Crippen LogP) is 3.40. The van der Waals surface area contributed by atoms with E-state index in [9.17, 15) is 4.79 Å². The van der Waals surface area contributed by atoms with Crippen LogP contribution in [0.2, 0.25) is 0 Å². The molecule has 0 spiro atoms. The van der Waals surface area contributed by atoms with Gasteiger partial charge in [0.15, 0.2) is 0 Å². The Balaban J connectivity index is 1.95. The second kappa shape index (κ2) is 6.91. The van der Waals surface area contributed by atoms with Crippen LogP contribution in [0, 0.1) is 11.3 Å². The number of carbonyl (C=O) groups is 1. The summed E-state index contributed by atoms with van der Waals surface area (Å²) < 4.78 is 0.968. The minimum Gasteiger partial charge on any atom is -0.365 e. The predicted molar refractivity (Wildman–Crippen MR) is 87.2 cm³/mol. The maximum absolute atomic E-state index is 12.0. The molecule has 5 heteroatoms. The van der Waals surface area contributed by atoms with E-state index in [-0.39, 0.29) is 12.5 Å². The number of rotatable bonds is 4. The monoisotopic (exact) mass is 343 g/mol. The number of likely N-dealkylation sites (N-methyl/N-ethyl adjacent to an activating group) is 1. The number of nitrogens with zero attached hydrogens (tertiary/aromatic N) is 2. The molecule has 0 aliphatic heterocycles. The Hall–Kier alpha value is -2.32. The van der Waals surface area contributed by atoms with Gasteiger partial charge in [0, 0.05) is 22.9 Å². The molecule has 0 radical (unpaired) electrons. The minimum atomic E-state index is -0.0933. The van der Waals surface area contributed by atoms with E-state index in [4.69, 9.17) is 5.26 Å². The lowest BCUT2D eigenvalue weighted by Crippen LogP contribution is -2.29. The molecule has 0 fully saturated rings. The highest BCUT2D eigenvalue weighted by atomic mass is 79.9. The Morgan fingerprint density at radius 1 is 1.19 bits per heavy atom. The molecule has 0 aromatic heterocycles. The number of hydrogen-bond donors (Lipinski definition) is 1. The summed E-state index contributed by atoms with van der Waals surface area (Å²) in [6, 6.07) is 16.6. The maximum atomic E-state index is 12.0. The molecule has 0 atom stereocenters. The fourth-order valence-electron chi connectivity index (χ4n) is 1.83. The average Bonchev–Trinajstić information content (AvgIpc) is 2.49. The number of hydrogen-bond acceptors (Lipinski definition) is 3. The van der Waals surface area contributed by atoms with E-state index in [1.807, 2.05) is 48.3 Å². The van der Waals surface area contributed by atoms with Crippen molar-refractivity contribution in [1.29, 1.82) is 5.26 Å². The van der Waals surface area contributed by atoms with E-state index in [1.165, 1.54) is 0 Å². The molecule has 2 aromatic rings. The van der Waals surface area contributed by atoms with Gasteiger partial charge in [0.2, 0.25) is 5.91 Å². The van der Waals surface area contributed by atoms with Gasteiger partial charge in [-0.05, 0) is 48.5 Å². The molecule has 21 heavy (non-hydrogen) atoms. The van der Waals surface area contributed by atoms with Gasteiger partial charge in [-0.15, -0.1) is 0 Å². The van der Waals surface area contributed by atoms with E-state index in [0.717, 1.165) is 15.8 Å². The van der Waals surface area contributed by atoms with Crippen LogP contribution in [0.25, 0.3) is 0 Å². The average molecular weight is 344 g/mol. The lowest BCUT2D eigenvalue weighted by molar-refractivity contribution is -0.114. The van der Waals surface area contributed by atoms with E-state index in [2.05, 4.69) is 27.3 Å². The normalized spacial score (nSPS) is 9.76. The van der Waals surface area contributed by atoms with Crippen LogP contribution in [-0.2, 0) is 4.79 Å². The van der Waals surface area contributed by atoms with Crippen molar-refractivity contribution in [2.24, 2.45) is 0 Å². The third-order valence-electron chi connectivity index (χ3n) is 2.95. The molecule has 0 saturated carbocycles. The second-order valence-corrected chi connectivity index (χ2v) is 5.49. The first-order chi connectivity index (χ1) is 10.1. The molecular formula is C16H14BrN3O. The van der Waals surface area contributed by atoms with Crippen LogP contribution in [0.1, 0.15) is 5.56 Å². The lowest BCUT2D eigenvalue weighted by Gasteiger charge is -2.18. The van der Waals surface area contributed by atoms with Gasteiger partial charge in [0.05, 0.1) is 18.2 Å². The molecule has 4 nitrogen and oxygen atoms in total. The molecule has 2 aromatic carbocycles. The van der Waals surface area contributed by atoms with Gasteiger partial charge < -0.3 is 10.2 Å². The number of benzene rings is 2. The van der Waals surface area contributed by atoms with Gasteiger partial charge in [-0.1, -0.05) is 15.9 Å². The number of halogens is 1. The smallest absolute Gasteiger partial charge is 0.243 e.